The number of ether oxygens (including phenoxy) is 1. The highest BCUT2D eigenvalue weighted by Gasteiger charge is 2.16. The van der Waals surface area contributed by atoms with E-state index >= 15 is 0 Å². The maximum absolute atomic E-state index is 13.4. The summed E-state index contributed by atoms with van der Waals surface area (Å²) in [7, 11) is 1.54. The average molecular weight is 399 g/mol. The summed E-state index contributed by atoms with van der Waals surface area (Å²) in [6.07, 6.45) is 0. The first-order chi connectivity index (χ1) is 12.0. The number of halogens is 3. The highest BCUT2D eigenvalue weighted by molar-refractivity contribution is 7.98. The van der Waals surface area contributed by atoms with Gasteiger partial charge in [-0.15, -0.1) is 10.2 Å². The van der Waals surface area contributed by atoms with Gasteiger partial charge in [-0.2, -0.15) is 0 Å². The lowest BCUT2D eigenvalue weighted by atomic mass is 10.2. The summed E-state index contributed by atoms with van der Waals surface area (Å²) in [4.78, 5) is 0. The molecule has 0 spiro atoms. The summed E-state index contributed by atoms with van der Waals surface area (Å²) < 4.78 is 20.0. The van der Waals surface area contributed by atoms with Crippen LogP contribution in [0.5, 0.6) is 5.75 Å². The monoisotopic (exact) mass is 398 g/mol. The van der Waals surface area contributed by atoms with Crippen LogP contribution < -0.4 is 10.6 Å². The lowest BCUT2D eigenvalue weighted by Crippen LogP contribution is -2.11. The molecule has 9 heteroatoms. The van der Waals surface area contributed by atoms with E-state index in [4.69, 9.17) is 33.8 Å². The van der Waals surface area contributed by atoms with Crippen LogP contribution in [0.15, 0.2) is 41.6 Å². The second-order valence-corrected chi connectivity index (χ2v) is 6.83. The number of hydrogen-bond acceptors (Lipinski definition) is 5. The summed E-state index contributed by atoms with van der Waals surface area (Å²) >= 11 is 13.4. The number of benzene rings is 2. The number of nitrogen functional groups attached to an aromatic ring is 1. The lowest BCUT2D eigenvalue weighted by Gasteiger charge is -2.08. The summed E-state index contributed by atoms with van der Waals surface area (Å²) in [5.41, 5.74) is 1.32. The van der Waals surface area contributed by atoms with Crippen molar-refractivity contribution in [2.45, 2.75) is 10.9 Å². The fraction of sp³-hybridized carbons (Fsp3) is 0.125. The first kappa shape index (κ1) is 17.8. The number of rotatable bonds is 5. The maximum Gasteiger partial charge on any atom is 0.210 e. The van der Waals surface area contributed by atoms with Crippen molar-refractivity contribution in [3.05, 3.63) is 57.8 Å². The van der Waals surface area contributed by atoms with E-state index in [9.17, 15) is 4.39 Å². The molecule has 0 radical (unpaired) electrons. The highest BCUT2D eigenvalue weighted by atomic mass is 35.5. The van der Waals surface area contributed by atoms with Crippen LogP contribution in [0.25, 0.3) is 11.4 Å². The lowest BCUT2D eigenvalue weighted by molar-refractivity contribution is 0.410. The fourth-order valence-corrected chi connectivity index (χ4v) is 3.56. The van der Waals surface area contributed by atoms with Gasteiger partial charge in [0, 0.05) is 21.9 Å². The van der Waals surface area contributed by atoms with Gasteiger partial charge in [-0.3, -0.25) is 0 Å². The molecule has 2 aromatic carbocycles. The Kier molecular flexibility index (Phi) is 5.36. The number of hydrogen-bond donors (Lipinski definition) is 1. The van der Waals surface area contributed by atoms with Crippen LogP contribution >= 0.6 is 35.0 Å². The van der Waals surface area contributed by atoms with Crippen molar-refractivity contribution < 1.29 is 9.13 Å². The maximum atomic E-state index is 13.4. The largest absolute Gasteiger partial charge is 0.496 e. The quantitative estimate of drug-likeness (QED) is 0.509. The molecule has 3 aromatic rings. The van der Waals surface area contributed by atoms with Gasteiger partial charge in [0.05, 0.1) is 12.1 Å². The van der Waals surface area contributed by atoms with Crippen LogP contribution in [0.4, 0.5) is 4.39 Å². The minimum atomic E-state index is -0.334. The Labute approximate surface area is 157 Å². The second-order valence-electron chi connectivity index (χ2n) is 5.05. The number of thioether (sulfide) groups is 1. The SMILES string of the molecule is COc1ccc(F)cc1CSc1nnc(-c2ccc(Cl)cc2Cl)n1N. The minimum absolute atomic E-state index is 0.334. The van der Waals surface area contributed by atoms with E-state index < -0.39 is 0 Å². The molecule has 0 unspecified atom stereocenters. The van der Waals surface area contributed by atoms with E-state index in [2.05, 4.69) is 10.2 Å². The Morgan fingerprint density at radius 3 is 2.72 bits per heavy atom. The first-order valence-corrected chi connectivity index (χ1v) is 8.85. The van der Waals surface area contributed by atoms with Crippen LogP contribution in [0.1, 0.15) is 5.56 Å². The summed E-state index contributed by atoms with van der Waals surface area (Å²) in [5.74, 6) is 7.18. The number of methoxy groups -OCH3 is 1. The third-order valence-corrected chi connectivity index (χ3v) is 4.98. The molecule has 0 saturated heterocycles. The molecule has 2 N–H and O–H groups in total. The Morgan fingerprint density at radius 1 is 1.20 bits per heavy atom. The van der Waals surface area contributed by atoms with Gasteiger partial charge in [-0.05, 0) is 36.4 Å². The van der Waals surface area contributed by atoms with Crippen molar-refractivity contribution in [1.29, 1.82) is 0 Å². The standard InChI is InChI=1S/C16H13Cl2FN4OS/c1-24-14-5-3-11(19)6-9(14)8-25-16-22-21-15(23(16)20)12-4-2-10(17)7-13(12)18/h2-7H,8,20H2,1H3. The molecule has 0 aliphatic heterocycles. The van der Waals surface area contributed by atoms with E-state index in [-0.39, 0.29) is 5.82 Å². The average Bonchev–Trinajstić information content (AvgIpc) is 2.94. The van der Waals surface area contributed by atoms with E-state index in [1.165, 1.54) is 35.7 Å². The molecule has 0 saturated carbocycles. The molecular weight excluding hydrogens is 386 g/mol. The molecule has 0 aliphatic rings. The Bertz CT molecular complexity index is 919. The molecule has 25 heavy (non-hydrogen) atoms. The van der Waals surface area contributed by atoms with Crippen LogP contribution in [-0.4, -0.2) is 22.0 Å². The van der Waals surface area contributed by atoms with Gasteiger partial charge in [-0.25, -0.2) is 9.07 Å². The molecule has 1 aromatic heterocycles. The smallest absolute Gasteiger partial charge is 0.210 e. The molecule has 0 amide bonds. The molecule has 1 heterocycles. The molecule has 130 valence electrons. The zero-order valence-corrected chi connectivity index (χ0v) is 15.4. The van der Waals surface area contributed by atoms with Crippen molar-refractivity contribution in [3.63, 3.8) is 0 Å². The number of nitrogens with two attached hydrogens (primary N) is 1. The van der Waals surface area contributed by atoms with E-state index in [1.54, 1.807) is 24.3 Å². The predicted molar refractivity (Wildman–Crippen MR) is 98.1 cm³/mol. The molecule has 0 atom stereocenters. The van der Waals surface area contributed by atoms with Crippen molar-refractivity contribution >= 4 is 35.0 Å². The third-order valence-electron chi connectivity index (χ3n) is 3.44. The number of aromatic nitrogens is 3. The first-order valence-electron chi connectivity index (χ1n) is 7.10. The van der Waals surface area contributed by atoms with Gasteiger partial charge in [0.15, 0.2) is 5.82 Å². The van der Waals surface area contributed by atoms with E-state index in [0.717, 1.165) is 0 Å². The minimum Gasteiger partial charge on any atom is -0.496 e. The second kappa shape index (κ2) is 7.51. The number of nitrogens with zero attached hydrogens (tertiary/aromatic N) is 3. The van der Waals surface area contributed by atoms with Crippen LogP contribution in [-0.2, 0) is 5.75 Å². The fourth-order valence-electron chi connectivity index (χ4n) is 2.23. The predicted octanol–water partition coefficient (Wildman–Crippen LogP) is 4.41. The normalized spacial score (nSPS) is 10.9. The molecule has 0 bridgehead atoms. The topological polar surface area (TPSA) is 66.0 Å². The van der Waals surface area contributed by atoms with Gasteiger partial charge in [0.25, 0.3) is 0 Å². The highest BCUT2D eigenvalue weighted by Crippen LogP contribution is 2.32. The Balaban J connectivity index is 1.84. The van der Waals surface area contributed by atoms with Gasteiger partial charge in [-0.1, -0.05) is 35.0 Å². The molecule has 5 nitrogen and oxygen atoms in total. The van der Waals surface area contributed by atoms with Gasteiger partial charge < -0.3 is 10.6 Å². The Hall–Kier alpha value is -1.96. The van der Waals surface area contributed by atoms with Gasteiger partial charge in [0.2, 0.25) is 5.16 Å². The zero-order chi connectivity index (χ0) is 18.0. The van der Waals surface area contributed by atoms with Gasteiger partial charge in [0.1, 0.15) is 11.6 Å². The van der Waals surface area contributed by atoms with Crippen LogP contribution in [0, 0.1) is 5.82 Å². The molecular formula is C16H13Cl2FN4OS. The summed E-state index contributed by atoms with van der Waals surface area (Å²) in [5, 5.41) is 9.57. The van der Waals surface area contributed by atoms with E-state index in [0.29, 0.717) is 43.7 Å². The van der Waals surface area contributed by atoms with Crippen LogP contribution in [0.2, 0.25) is 10.0 Å². The molecule has 0 fully saturated rings. The molecule has 3 rings (SSSR count). The molecule has 0 aliphatic carbocycles. The van der Waals surface area contributed by atoms with Gasteiger partial charge >= 0.3 is 0 Å². The Morgan fingerprint density at radius 2 is 2.00 bits per heavy atom. The van der Waals surface area contributed by atoms with Crippen molar-refractivity contribution in [3.8, 4) is 17.1 Å². The van der Waals surface area contributed by atoms with Crippen molar-refractivity contribution in [1.82, 2.24) is 14.9 Å². The summed E-state index contributed by atoms with van der Waals surface area (Å²) in [6, 6.07) is 9.37. The van der Waals surface area contributed by atoms with Crippen LogP contribution in [0.3, 0.4) is 0 Å². The third kappa shape index (κ3) is 3.84. The van der Waals surface area contributed by atoms with E-state index in [1.807, 2.05) is 0 Å². The van der Waals surface area contributed by atoms with Crippen molar-refractivity contribution in [2.24, 2.45) is 0 Å². The summed E-state index contributed by atoms with van der Waals surface area (Å²) in [6.45, 7) is 0. The zero-order valence-electron chi connectivity index (χ0n) is 13.0. The van der Waals surface area contributed by atoms with Crippen molar-refractivity contribution in [2.75, 3.05) is 13.0 Å².